The highest BCUT2D eigenvalue weighted by atomic mass is 35.5. The van der Waals surface area contributed by atoms with Gasteiger partial charge in [0.15, 0.2) is 5.78 Å². The molecule has 0 aliphatic heterocycles. The summed E-state index contributed by atoms with van der Waals surface area (Å²) in [5, 5.41) is 13.6. The number of nitrogens with one attached hydrogen (secondary N) is 1. The van der Waals surface area contributed by atoms with Crippen LogP contribution in [0.2, 0.25) is 10.0 Å². The lowest BCUT2D eigenvalue weighted by molar-refractivity contribution is -0.119. The summed E-state index contributed by atoms with van der Waals surface area (Å²) in [4.78, 5) is 11.9. The SMILES string of the molecule is CC(C)(C)C(=O)/C(C#N)=N/Nc1cc(Cl)cc(Cl)c1. The summed E-state index contributed by atoms with van der Waals surface area (Å²) in [6, 6.07) is 6.53. The first-order valence-electron chi connectivity index (χ1n) is 5.48. The Hall–Kier alpha value is -1.57. The fraction of sp³-hybridized carbons (Fsp3) is 0.308. The van der Waals surface area contributed by atoms with Crippen LogP contribution in [0.15, 0.2) is 23.3 Å². The molecule has 100 valence electrons. The fourth-order valence-corrected chi connectivity index (χ4v) is 1.75. The minimum Gasteiger partial charge on any atom is -0.291 e. The highest BCUT2D eigenvalue weighted by Crippen LogP contribution is 2.22. The molecule has 19 heavy (non-hydrogen) atoms. The number of carbonyl (C=O) groups excluding carboxylic acids is 1. The Morgan fingerprint density at radius 1 is 1.26 bits per heavy atom. The van der Waals surface area contributed by atoms with E-state index < -0.39 is 5.41 Å². The minimum atomic E-state index is -0.664. The zero-order chi connectivity index (χ0) is 14.6. The Bertz CT molecular complexity index is 548. The summed E-state index contributed by atoms with van der Waals surface area (Å²) in [7, 11) is 0. The van der Waals surface area contributed by atoms with Crippen LogP contribution in [-0.2, 0) is 4.79 Å². The van der Waals surface area contributed by atoms with Crippen molar-refractivity contribution >= 4 is 40.4 Å². The molecule has 0 aliphatic rings. The van der Waals surface area contributed by atoms with Crippen LogP contribution in [-0.4, -0.2) is 11.5 Å². The number of hydrogen-bond acceptors (Lipinski definition) is 4. The van der Waals surface area contributed by atoms with Gasteiger partial charge in [0.25, 0.3) is 0 Å². The Morgan fingerprint density at radius 2 is 1.79 bits per heavy atom. The van der Waals surface area contributed by atoms with Gasteiger partial charge in [-0.1, -0.05) is 44.0 Å². The maximum Gasteiger partial charge on any atom is 0.204 e. The van der Waals surface area contributed by atoms with E-state index in [0.29, 0.717) is 15.7 Å². The second-order valence-electron chi connectivity index (χ2n) is 4.92. The lowest BCUT2D eigenvalue weighted by Gasteiger charge is -2.14. The van der Waals surface area contributed by atoms with Gasteiger partial charge in [0.05, 0.1) is 5.69 Å². The average Bonchev–Trinajstić information content (AvgIpc) is 2.27. The number of benzene rings is 1. The highest BCUT2D eigenvalue weighted by molar-refractivity contribution is 6.47. The van der Waals surface area contributed by atoms with Crippen molar-refractivity contribution in [3.05, 3.63) is 28.2 Å². The predicted octanol–water partition coefficient (Wildman–Crippen LogP) is 3.90. The molecular weight excluding hydrogens is 285 g/mol. The van der Waals surface area contributed by atoms with Gasteiger partial charge < -0.3 is 0 Å². The number of rotatable bonds is 3. The van der Waals surface area contributed by atoms with Crippen molar-refractivity contribution in [1.82, 2.24) is 0 Å². The third-order valence-electron chi connectivity index (χ3n) is 2.16. The lowest BCUT2D eigenvalue weighted by atomic mass is 9.88. The summed E-state index contributed by atoms with van der Waals surface area (Å²) in [5.74, 6) is -0.337. The minimum absolute atomic E-state index is 0.191. The summed E-state index contributed by atoms with van der Waals surface area (Å²) in [6.45, 7) is 5.16. The number of carbonyl (C=O) groups is 1. The van der Waals surface area contributed by atoms with Crippen LogP contribution in [0.1, 0.15) is 20.8 Å². The zero-order valence-electron chi connectivity index (χ0n) is 10.8. The van der Waals surface area contributed by atoms with Crippen molar-refractivity contribution < 1.29 is 4.79 Å². The summed E-state index contributed by atoms with van der Waals surface area (Å²) >= 11 is 11.7. The Balaban J connectivity index is 2.96. The molecule has 0 aromatic heterocycles. The van der Waals surface area contributed by atoms with Gasteiger partial charge in [0.2, 0.25) is 5.71 Å². The molecule has 1 rings (SSSR count). The van der Waals surface area contributed by atoms with Crippen molar-refractivity contribution in [2.24, 2.45) is 10.5 Å². The second-order valence-corrected chi connectivity index (χ2v) is 5.79. The standard InChI is InChI=1S/C13H13Cl2N3O/c1-13(2,3)12(19)11(7-16)18-17-10-5-8(14)4-9(15)6-10/h4-6,17H,1-3H3/b18-11+. The van der Waals surface area contributed by atoms with Crippen LogP contribution >= 0.6 is 23.2 Å². The van der Waals surface area contributed by atoms with E-state index in [9.17, 15) is 4.79 Å². The third-order valence-corrected chi connectivity index (χ3v) is 2.60. The van der Waals surface area contributed by atoms with E-state index in [-0.39, 0.29) is 11.5 Å². The van der Waals surface area contributed by atoms with E-state index in [2.05, 4.69) is 10.5 Å². The van der Waals surface area contributed by atoms with Crippen LogP contribution in [0.25, 0.3) is 0 Å². The largest absolute Gasteiger partial charge is 0.291 e. The number of hydrazone groups is 1. The molecule has 0 saturated carbocycles. The number of ketones is 1. The molecular formula is C13H13Cl2N3O. The molecule has 0 heterocycles. The number of hydrogen-bond donors (Lipinski definition) is 1. The van der Waals surface area contributed by atoms with Crippen molar-refractivity contribution in [2.75, 3.05) is 5.43 Å². The molecule has 0 unspecified atom stereocenters. The van der Waals surface area contributed by atoms with Gasteiger partial charge >= 0.3 is 0 Å². The topological polar surface area (TPSA) is 65.2 Å². The normalized spacial score (nSPS) is 11.9. The molecule has 0 bridgehead atoms. The van der Waals surface area contributed by atoms with Gasteiger partial charge in [0, 0.05) is 15.5 Å². The quantitative estimate of drug-likeness (QED) is 0.680. The first-order valence-corrected chi connectivity index (χ1v) is 6.24. The van der Waals surface area contributed by atoms with E-state index in [1.54, 1.807) is 45.0 Å². The molecule has 0 amide bonds. The first-order chi connectivity index (χ1) is 8.74. The average molecular weight is 298 g/mol. The number of halogens is 2. The van der Waals surface area contributed by atoms with E-state index in [0.717, 1.165) is 0 Å². The molecule has 0 saturated heterocycles. The summed E-state index contributed by atoms with van der Waals surface area (Å²) in [5.41, 5.74) is 2.26. The predicted molar refractivity (Wildman–Crippen MR) is 77.6 cm³/mol. The summed E-state index contributed by atoms with van der Waals surface area (Å²) < 4.78 is 0. The van der Waals surface area contributed by atoms with E-state index in [1.165, 1.54) is 0 Å². The molecule has 0 atom stereocenters. The third kappa shape index (κ3) is 4.55. The maximum atomic E-state index is 11.9. The fourth-order valence-electron chi connectivity index (χ4n) is 1.22. The van der Waals surface area contributed by atoms with Crippen LogP contribution in [0.4, 0.5) is 5.69 Å². The van der Waals surface area contributed by atoms with E-state index in [4.69, 9.17) is 28.5 Å². The van der Waals surface area contributed by atoms with Crippen LogP contribution < -0.4 is 5.43 Å². The van der Waals surface area contributed by atoms with E-state index >= 15 is 0 Å². The Labute approximate surface area is 122 Å². The highest BCUT2D eigenvalue weighted by Gasteiger charge is 2.26. The Kier molecular flexibility index (Phi) is 4.93. The maximum absolute atomic E-state index is 11.9. The molecule has 0 aliphatic carbocycles. The van der Waals surface area contributed by atoms with E-state index in [1.807, 2.05) is 0 Å². The molecule has 1 aromatic carbocycles. The number of Topliss-reactive ketones (excluding diaryl/α,β-unsaturated/α-hetero) is 1. The molecule has 6 heteroatoms. The molecule has 0 fully saturated rings. The van der Waals surface area contributed by atoms with Crippen molar-refractivity contribution in [1.29, 1.82) is 5.26 Å². The van der Waals surface area contributed by atoms with Crippen LogP contribution in [0.3, 0.4) is 0 Å². The smallest absolute Gasteiger partial charge is 0.204 e. The number of anilines is 1. The van der Waals surface area contributed by atoms with Gasteiger partial charge in [-0.2, -0.15) is 10.4 Å². The lowest BCUT2D eigenvalue weighted by Crippen LogP contribution is -2.28. The summed E-state index contributed by atoms with van der Waals surface area (Å²) in [6.07, 6.45) is 0. The van der Waals surface area contributed by atoms with Gasteiger partial charge in [-0.3, -0.25) is 10.2 Å². The molecule has 0 spiro atoms. The molecule has 1 aromatic rings. The van der Waals surface area contributed by atoms with Crippen LogP contribution in [0, 0.1) is 16.7 Å². The first kappa shape index (κ1) is 15.5. The Morgan fingerprint density at radius 3 is 2.21 bits per heavy atom. The van der Waals surface area contributed by atoms with Crippen molar-refractivity contribution in [3.63, 3.8) is 0 Å². The number of nitriles is 1. The molecule has 1 N–H and O–H groups in total. The molecule has 4 nitrogen and oxygen atoms in total. The van der Waals surface area contributed by atoms with Crippen molar-refractivity contribution in [3.8, 4) is 6.07 Å². The van der Waals surface area contributed by atoms with Crippen LogP contribution in [0.5, 0.6) is 0 Å². The number of nitrogens with zero attached hydrogens (tertiary/aromatic N) is 2. The molecule has 0 radical (unpaired) electrons. The van der Waals surface area contributed by atoms with Gasteiger partial charge in [-0.05, 0) is 18.2 Å². The van der Waals surface area contributed by atoms with Gasteiger partial charge in [-0.25, -0.2) is 0 Å². The monoisotopic (exact) mass is 297 g/mol. The second kappa shape index (κ2) is 6.05. The van der Waals surface area contributed by atoms with Gasteiger partial charge in [0.1, 0.15) is 6.07 Å². The zero-order valence-corrected chi connectivity index (χ0v) is 12.3. The van der Waals surface area contributed by atoms with Gasteiger partial charge in [-0.15, -0.1) is 0 Å². The van der Waals surface area contributed by atoms with Crippen molar-refractivity contribution in [2.45, 2.75) is 20.8 Å².